The topological polar surface area (TPSA) is 69.4 Å². The van der Waals surface area contributed by atoms with E-state index in [4.69, 9.17) is 10.5 Å². The Balaban J connectivity index is 3.91. The first-order valence-corrected chi connectivity index (χ1v) is 5.33. The predicted molar refractivity (Wildman–Crippen MR) is 65.9 cm³/mol. The minimum Gasteiger partial charge on any atom is -0.456 e. The van der Waals surface area contributed by atoms with Crippen molar-refractivity contribution in [3.8, 4) is 0 Å². The van der Waals surface area contributed by atoms with Crippen LogP contribution in [0.1, 0.15) is 6.42 Å². The van der Waals surface area contributed by atoms with E-state index in [1.165, 1.54) is 12.2 Å². The van der Waals surface area contributed by atoms with Crippen molar-refractivity contribution in [2.75, 3.05) is 34.3 Å². The van der Waals surface area contributed by atoms with Gasteiger partial charge in [0.2, 0.25) is 5.91 Å². The van der Waals surface area contributed by atoms with E-state index in [1.54, 1.807) is 0 Å². The molecule has 0 heterocycles. The van der Waals surface area contributed by atoms with Gasteiger partial charge in [-0.05, 0) is 12.5 Å². The number of likely N-dealkylation sites (N-methyl/N-ethyl adjacent to an activating group) is 1. The Morgan fingerprint density at radius 3 is 2.41 bits per heavy atom. The van der Waals surface area contributed by atoms with E-state index in [0.29, 0.717) is 12.2 Å². The lowest BCUT2D eigenvalue weighted by molar-refractivity contribution is -0.870. The van der Waals surface area contributed by atoms with Gasteiger partial charge in [-0.3, -0.25) is 4.79 Å². The minimum atomic E-state index is -0.545. The zero-order valence-corrected chi connectivity index (χ0v) is 10.7. The second kappa shape index (κ2) is 6.85. The standard InChI is InChI=1S/C12H20N2O3/c1-10(6-5-7-11(13)15)12(16)17-9-8-14(2,3)4/h5,7H,1,6,8-9H2,2-4H3,(H-,13,15)/p+1. The molecular weight excluding hydrogens is 220 g/mol. The maximum atomic E-state index is 11.4. The zero-order chi connectivity index (χ0) is 13.5. The quantitative estimate of drug-likeness (QED) is 0.394. The Hall–Kier alpha value is -1.62. The Morgan fingerprint density at radius 1 is 1.35 bits per heavy atom. The number of nitrogens with two attached hydrogens (primary N) is 1. The van der Waals surface area contributed by atoms with Crippen molar-refractivity contribution >= 4 is 11.9 Å². The number of allylic oxidation sites excluding steroid dienone is 1. The average Bonchev–Trinajstić information content (AvgIpc) is 2.14. The van der Waals surface area contributed by atoms with Gasteiger partial charge in [-0.1, -0.05) is 12.7 Å². The summed E-state index contributed by atoms with van der Waals surface area (Å²) < 4.78 is 5.76. The third kappa shape index (κ3) is 9.32. The molecule has 0 aliphatic carbocycles. The molecule has 0 rings (SSSR count). The van der Waals surface area contributed by atoms with Crippen LogP contribution < -0.4 is 5.73 Å². The van der Waals surface area contributed by atoms with Crippen molar-refractivity contribution in [1.29, 1.82) is 0 Å². The van der Waals surface area contributed by atoms with E-state index in [0.717, 1.165) is 11.0 Å². The Labute approximate surface area is 102 Å². The number of rotatable bonds is 7. The van der Waals surface area contributed by atoms with Crippen molar-refractivity contribution in [2.24, 2.45) is 5.73 Å². The normalized spacial score (nSPS) is 11.5. The van der Waals surface area contributed by atoms with Crippen LogP contribution in [0.15, 0.2) is 24.3 Å². The van der Waals surface area contributed by atoms with Crippen LogP contribution in [0.2, 0.25) is 0 Å². The molecule has 2 N–H and O–H groups in total. The highest BCUT2D eigenvalue weighted by atomic mass is 16.5. The summed E-state index contributed by atoms with van der Waals surface area (Å²) in [6.45, 7) is 4.66. The van der Waals surface area contributed by atoms with Gasteiger partial charge >= 0.3 is 5.97 Å². The number of esters is 1. The maximum absolute atomic E-state index is 11.4. The second-order valence-electron chi connectivity index (χ2n) is 4.76. The summed E-state index contributed by atoms with van der Waals surface area (Å²) >= 11 is 0. The zero-order valence-electron chi connectivity index (χ0n) is 10.7. The smallest absolute Gasteiger partial charge is 0.333 e. The molecule has 0 spiro atoms. The van der Waals surface area contributed by atoms with Gasteiger partial charge in [0.15, 0.2) is 0 Å². The summed E-state index contributed by atoms with van der Waals surface area (Å²) in [5.41, 5.74) is 5.22. The van der Waals surface area contributed by atoms with Gasteiger partial charge in [-0.15, -0.1) is 0 Å². The number of ether oxygens (including phenoxy) is 1. The molecule has 0 aliphatic rings. The molecule has 0 aromatic carbocycles. The number of primary amides is 1. The van der Waals surface area contributed by atoms with Crippen molar-refractivity contribution in [3.05, 3.63) is 24.3 Å². The number of carbonyl (C=O) groups excluding carboxylic acids is 2. The Kier molecular flexibility index (Phi) is 6.20. The van der Waals surface area contributed by atoms with Crippen molar-refractivity contribution in [2.45, 2.75) is 6.42 Å². The lowest BCUT2D eigenvalue weighted by atomic mass is 10.2. The number of quaternary nitrogens is 1. The van der Waals surface area contributed by atoms with Gasteiger partial charge in [0.25, 0.3) is 0 Å². The van der Waals surface area contributed by atoms with Crippen molar-refractivity contribution < 1.29 is 18.8 Å². The Morgan fingerprint density at radius 2 is 1.94 bits per heavy atom. The van der Waals surface area contributed by atoms with Crippen LogP contribution in [0.25, 0.3) is 0 Å². The van der Waals surface area contributed by atoms with Gasteiger partial charge in [0.05, 0.1) is 21.1 Å². The molecule has 5 nitrogen and oxygen atoms in total. The molecule has 1 amide bonds. The van der Waals surface area contributed by atoms with E-state index in [9.17, 15) is 9.59 Å². The summed E-state index contributed by atoms with van der Waals surface area (Å²) in [4.78, 5) is 21.8. The van der Waals surface area contributed by atoms with Crippen LogP contribution >= 0.6 is 0 Å². The van der Waals surface area contributed by atoms with Crippen LogP contribution in [-0.4, -0.2) is 50.7 Å². The average molecular weight is 241 g/mol. The van der Waals surface area contributed by atoms with E-state index in [1.807, 2.05) is 21.1 Å². The SMILES string of the molecule is C=C(CC=CC(N)=O)C(=O)OCC[N+](C)(C)C. The lowest BCUT2D eigenvalue weighted by Crippen LogP contribution is -2.38. The number of amides is 1. The van der Waals surface area contributed by atoms with Crippen LogP contribution in [0.4, 0.5) is 0 Å². The number of hydrogen-bond donors (Lipinski definition) is 1. The second-order valence-corrected chi connectivity index (χ2v) is 4.76. The molecule has 0 radical (unpaired) electrons. The number of hydrogen-bond acceptors (Lipinski definition) is 3. The molecule has 0 aliphatic heterocycles. The molecule has 17 heavy (non-hydrogen) atoms. The van der Waals surface area contributed by atoms with Crippen LogP contribution in [0.3, 0.4) is 0 Å². The third-order valence-corrected chi connectivity index (χ3v) is 1.93. The molecule has 0 bridgehead atoms. The fraction of sp³-hybridized carbons (Fsp3) is 0.500. The summed E-state index contributed by atoms with van der Waals surface area (Å²) in [5.74, 6) is -0.983. The summed E-state index contributed by atoms with van der Waals surface area (Å²) in [5, 5.41) is 0. The van der Waals surface area contributed by atoms with Crippen LogP contribution in [0.5, 0.6) is 0 Å². The lowest BCUT2D eigenvalue weighted by Gasteiger charge is -2.23. The summed E-state index contributed by atoms with van der Waals surface area (Å²) in [6, 6.07) is 0. The van der Waals surface area contributed by atoms with Gasteiger partial charge in [-0.2, -0.15) is 0 Å². The predicted octanol–water partition coefficient (Wildman–Crippen LogP) is 0.224. The van der Waals surface area contributed by atoms with Gasteiger partial charge in [0.1, 0.15) is 13.2 Å². The van der Waals surface area contributed by atoms with Crippen LogP contribution in [0, 0.1) is 0 Å². The molecular formula is C12H21N2O3+. The van der Waals surface area contributed by atoms with Crippen molar-refractivity contribution in [3.63, 3.8) is 0 Å². The molecule has 0 unspecified atom stereocenters. The molecule has 96 valence electrons. The van der Waals surface area contributed by atoms with Gasteiger partial charge in [-0.25, -0.2) is 4.79 Å². The first kappa shape index (κ1) is 15.4. The largest absolute Gasteiger partial charge is 0.456 e. The summed E-state index contributed by atoms with van der Waals surface area (Å²) in [6.07, 6.45) is 2.96. The van der Waals surface area contributed by atoms with Crippen molar-refractivity contribution in [1.82, 2.24) is 0 Å². The molecule has 5 heteroatoms. The molecule has 0 aromatic rings. The van der Waals surface area contributed by atoms with E-state index in [-0.39, 0.29) is 6.42 Å². The molecule has 0 aromatic heterocycles. The highest BCUT2D eigenvalue weighted by molar-refractivity contribution is 5.89. The highest BCUT2D eigenvalue weighted by Crippen LogP contribution is 2.02. The fourth-order valence-corrected chi connectivity index (χ4v) is 0.915. The monoisotopic (exact) mass is 241 g/mol. The number of nitrogens with zero attached hydrogens (tertiary/aromatic N) is 1. The molecule has 0 atom stereocenters. The highest BCUT2D eigenvalue weighted by Gasteiger charge is 2.11. The molecule has 0 saturated carbocycles. The minimum absolute atomic E-state index is 0.270. The first-order valence-electron chi connectivity index (χ1n) is 5.33. The first-order chi connectivity index (χ1) is 7.72. The Bertz CT molecular complexity index is 327. The summed E-state index contributed by atoms with van der Waals surface area (Å²) in [7, 11) is 6.04. The fourth-order valence-electron chi connectivity index (χ4n) is 0.915. The molecule has 0 saturated heterocycles. The molecule has 0 fully saturated rings. The van der Waals surface area contributed by atoms with Crippen LogP contribution in [-0.2, 0) is 14.3 Å². The third-order valence-electron chi connectivity index (χ3n) is 1.93. The van der Waals surface area contributed by atoms with E-state index in [2.05, 4.69) is 6.58 Å². The van der Waals surface area contributed by atoms with E-state index < -0.39 is 11.9 Å². The number of carbonyl (C=O) groups is 2. The van der Waals surface area contributed by atoms with E-state index >= 15 is 0 Å². The van der Waals surface area contributed by atoms with Gasteiger partial charge < -0.3 is 15.0 Å². The van der Waals surface area contributed by atoms with Gasteiger partial charge in [0, 0.05) is 5.57 Å². The maximum Gasteiger partial charge on any atom is 0.333 e.